The summed E-state index contributed by atoms with van der Waals surface area (Å²) in [6.07, 6.45) is 2.69. The number of nitrogens with zero attached hydrogens (tertiary/aromatic N) is 3. The van der Waals surface area contributed by atoms with Crippen LogP contribution in [0.25, 0.3) is 0 Å². The minimum atomic E-state index is -1.50. The Morgan fingerprint density at radius 2 is 1.79 bits per heavy atom. The zero-order chi connectivity index (χ0) is 23.5. The van der Waals surface area contributed by atoms with Gasteiger partial charge in [-0.1, -0.05) is 18.2 Å². The van der Waals surface area contributed by atoms with Gasteiger partial charge in [-0.2, -0.15) is 0 Å². The predicted molar refractivity (Wildman–Crippen MR) is 119 cm³/mol. The van der Waals surface area contributed by atoms with Crippen molar-refractivity contribution < 1.29 is 24.0 Å². The molecule has 1 fully saturated rings. The summed E-state index contributed by atoms with van der Waals surface area (Å²) in [4.78, 5) is 71.1. The van der Waals surface area contributed by atoms with Crippen molar-refractivity contribution in [3.63, 3.8) is 0 Å². The van der Waals surface area contributed by atoms with E-state index in [1.165, 1.54) is 9.80 Å². The van der Waals surface area contributed by atoms with Crippen molar-refractivity contribution in [1.29, 1.82) is 0 Å². The first-order valence-electron chi connectivity index (χ1n) is 11.2. The Balaban J connectivity index is 1.71. The van der Waals surface area contributed by atoms with Gasteiger partial charge in [0.1, 0.15) is 5.84 Å². The minimum absolute atomic E-state index is 0.0592. The van der Waals surface area contributed by atoms with E-state index in [1.807, 2.05) is 0 Å². The molecule has 0 aliphatic carbocycles. The number of aliphatic imine (C=N–C) groups is 1. The Hall–Kier alpha value is -3.56. The molecule has 2 bridgehead atoms. The van der Waals surface area contributed by atoms with Gasteiger partial charge in [0.05, 0.1) is 6.04 Å². The number of amides is 4. The van der Waals surface area contributed by atoms with Crippen LogP contribution in [0.4, 0.5) is 5.69 Å². The normalized spacial score (nSPS) is 25.0. The fourth-order valence-electron chi connectivity index (χ4n) is 4.42. The summed E-state index contributed by atoms with van der Waals surface area (Å²) in [6, 6.07) is 4.98. The molecule has 3 aliphatic heterocycles. The SMILES string of the molecule is CN1C(=O)CCCC(=O)Nc2ccccc2CNC(=O)C2N=C3C1CCCCN3C(=O)C2=O. The molecule has 2 atom stereocenters. The molecule has 1 aromatic rings. The number of likely N-dealkylation sites (N-methyl/N-ethyl adjacent to an activating group) is 1. The van der Waals surface area contributed by atoms with Gasteiger partial charge in [0.25, 0.3) is 17.6 Å². The van der Waals surface area contributed by atoms with Gasteiger partial charge in [-0.05, 0) is 37.3 Å². The molecule has 3 aliphatic rings. The highest BCUT2D eigenvalue weighted by Gasteiger charge is 2.44. The number of hydrogen-bond donors (Lipinski definition) is 2. The molecule has 0 spiro atoms. The van der Waals surface area contributed by atoms with E-state index in [2.05, 4.69) is 15.6 Å². The van der Waals surface area contributed by atoms with Crippen molar-refractivity contribution >= 4 is 40.9 Å². The van der Waals surface area contributed by atoms with Crippen molar-refractivity contribution in [3.05, 3.63) is 29.8 Å². The second kappa shape index (κ2) is 9.51. The highest BCUT2D eigenvalue weighted by Crippen LogP contribution is 2.24. The van der Waals surface area contributed by atoms with E-state index in [-0.39, 0.29) is 31.2 Å². The third-order valence-corrected chi connectivity index (χ3v) is 6.30. The molecular formula is C23H27N5O5. The van der Waals surface area contributed by atoms with Crippen LogP contribution in [0.15, 0.2) is 29.3 Å². The number of carbonyl (C=O) groups excluding carboxylic acids is 5. The molecule has 0 aromatic heterocycles. The third-order valence-electron chi connectivity index (χ3n) is 6.30. The number of ketones is 1. The highest BCUT2D eigenvalue weighted by atomic mass is 16.2. The standard InChI is InChI=1S/C23H27N5O5/c1-27-16-9-4-5-12-28-21(16)26-19(20(31)23(28)33)22(32)24-13-14-7-2-3-8-15(14)25-17(29)10-6-11-18(27)30/h2-3,7-8,16,19H,4-6,9-13H2,1H3,(H,24,32)(H,25,29). The molecule has 2 unspecified atom stereocenters. The van der Waals surface area contributed by atoms with E-state index < -0.39 is 29.7 Å². The van der Waals surface area contributed by atoms with E-state index in [1.54, 1.807) is 31.3 Å². The topological polar surface area (TPSA) is 128 Å². The second-order valence-corrected chi connectivity index (χ2v) is 8.50. The van der Waals surface area contributed by atoms with Crippen LogP contribution in [0.1, 0.15) is 44.1 Å². The fourth-order valence-corrected chi connectivity index (χ4v) is 4.42. The maximum absolute atomic E-state index is 12.9. The van der Waals surface area contributed by atoms with E-state index >= 15 is 0 Å². The Morgan fingerprint density at radius 3 is 2.61 bits per heavy atom. The molecule has 4 amide bonds. The molecule has 33 heavy (non-hydrogen) atoms. The Morgan fingerprint density at radius 1 is 1.00 bits per heavy atom. The zero-order valence-corrected chi connectivity index (χ0v) is 18.5. The molecule has 174 valence electrons. The van der Waals surface area contributed by atoms with Crippen LogP contribution in [0.2, 0.25) is 0 Å². The van der Waals surface area contributed by atoms with Crippen LogP contribution < -0.4 is 10.6 Å². The number of Topliss-reactive ketones (excluding diaryl/α,β-unsaturated/α-hetero) is 1. The fraction of sp³-hybridized carbons (Fsp3) is 0.478. The molecule has 3 heterocycles. The van der Waals surface area contributed by atoms with E-state index in [0.717, 1.165) is 6.42 Å². The van der Waals surface area contributed by atoms with Crippen molar-refractivity contribution in [3.8, 4) is 0 Å². The van der Waals surface area contributed by atoms with Crippen LogP contribution in [0, 0.1) is 0 Å². The van der Waals surface area contributed by atoms with Crippen molar-refractivity contribution in [2.45, 2.75) is 57.2 Å². The minimum Gasteiger partial charge on any atom is -0.350 e. The lowest BCUT2D eigenvalue weighted by molar-refractivity contribution is -0.146. The lowest BCUT2D eigenvalue weighted by Gasteiger charge is -2.35. The van der Waals surface area contributed by atoms with Gasteiger partial charge in [0.2, 0.25) is 11.8 Å². The number of anilines is 1. The number of para-hydroxylation sites is 1. The molecular weight excluding hydrogens is 426 g/mol. The summed E-state index contributed by atoms with van der Waals surface area (Å²) in [5.41, 5.74) is 1.18. The molecule has 4 rings (SSSR count). The van der Waals surface area contributed by atoms with E-state index in [9.17, 15) is 24.0 Å². The van der Waals surface area contributed by atoms with Gasteiger partial charge < -0.3 is 15.5 Å². The molecule has 1 aromatic carbocycles. The largest absolute Gasteiger partial charge is 0.350 e. The predicted octanol–water partition coefficient (Wildman–Crippen LogP) is 0.615. The summed E-state index contributed by atoms with van der Waals surface area (Å²) in [5, 5.41) is 5.49. The maximum atomic E-state index is 12.9. The second-order valence-electron chi connectivity index (χ2n) is 8.50. The van der Waals surface area contributed by atoms with E-state index in [0.29, 0.717) is 42.9 Å². The Kier molecular flexibility index (Phi) is 6.52. The third kappa shape index (κ3) is 4.64. The zero-order valence-electron chi connectivity index (χ0n) is 18.5. The first-order chi connectivity index (χ1) is 15.9. The van der Waals surface area contributed by atoms with Gasteiger partial charge in [-0.3, -0.25) is 28.9 Å². The van der Waals surface area contributed by atoms with Crippen LogP contribution in [0.3, 0.4) is 0 Å². The Labute approximate surface area is 191 Å². The van der Waals surface area contributed by atoms with E-state index in [4.69, 9.17) is 0 Å². The molecule has 2 N–H and O–H groups in total. The molecule has 10 nitrogen and oxygen atoms in total. The molecule has 1 saturated heterocycles. The summed E-state index contributed by atoms with van der Waals surface area (Å²) in [6.45, 7) is 0.382. The maximum Gasteiger partial charge on any atom is 0.298 e. The quantitative estimate of drug-likeness (QED) is 0.440. The van der Waals surface area contributed by atoms with Crippen LogP contribution >= 0.6 is 0 Å². The van der Waals surface area contributed by atoms with Crippen molar-refractivity contribution in [2.24, 2.45) is 4.99 Å². The number of rotatable bonds is 0. The summed E-state index contributed by atoms with van der Waals surface area (Å²) >= 11 is 0. The number of carbonyl (C=O) groups is 5. The van der Waals surface area contributed by atoms with Crippen molar-refractivity contribution in [1.82, 2.24) is 15.1 Å². The first kappa shape index (κ1) is 22.6. The van der Waals surface area contributed by atoms with Crippen LogP contribution in [0.5, 0.6) is 0 Å². The summed E-state index contributed by atoms with van der Waals surface area (Å²) < 4.78 is 0. The number of benzene rings is 1. The lowest BCUT2D eigenvalue weighted by Crippen LogP contribution is -2.58. The number of hydrogen-bond acceptors (Lipinski definition) is 6. The monoisotopic (exact) mass is 453 g/mol. The molecule has 0 radical (unpaired) electrons. The van der Waals surface area contributed by atoms with Crippen LogP contribution in [-0.4, -0.2) is 70.7 Å². The highest BCUT2D eigenvalue weighted by molar-refractivity contribution is 6.46. The van der Waals surface area contributed by atoms with Gasteiger partial charge in [-0.25, -0.2) is 4.99 Å². The lowest BCUT2D eigenvalue weighted by atomic mass is 10.0. The molecule has 10 heteroatoms. The van der Waals surface area contributed by atoms with Gasteiger partial charge >= 0.3 is 0 Å². The molecule has 0 saturated carbocycles. The first-order valence-corrected chi connectivity index (χ1v) is 11.2. The van der Waals surface area contributed by atoms with Crippen molar-refractivity contribution in [2.75, 3.05) is 18.9 Å². The summed E-state index contributed by atoms with van der Waals surface area (Å²) in [7, 11) is 1.63. The van der Waals surface area contributed by atoms with Gasteiger partial charge in [0, 0.05) is 38.7 Å². The average Bonchev–Trinajstić information content (AvgIpc) is 3.02. The smallest absolute Gasteiger partial charge is 0.298 e. The summed E-state index contributed by atoms with van der Waals surface area (Å²) in [5.74, 6) is -2.45. The van der Waals surface area contributed by atoms with Crippen LogP contribution in [-0.2, 0) is 30.5 Å². The number of amidine groups is 1. The number of fused-ring (bicyclic) bond motifs is 2. The van der Waals surface area contributed by atoms with Gasteiger partial charge in [-0.15, -0.1) is 0 Å². The number of nitrogens with one attached hydrogen (secondary N) is 2. The Bertz CT molecular complexity index is 1040. The van der Waals surface area contributed by atoms with Gasteiger partial charge in [0.15, 0.2) is 6.04 Å². The average molecular weight is 453 g/mol.